The number of aliphatic imine (C=N–C) groups is 1. The van der Waals surface area contributed by atoms with E-state index in [0.29, 0.717) is 13.0 Å². The van der Waals surface area contributed by atoms with Crippen LogP contribution in [-0.4, -0.2) is 28.2 Å². The lowest BCUT2D eigenvalue weighted by Crippen LogP contribution is -2.36. The van der Waals surface area contributed by atoms with Crippen molar-refractivity contribution < 1.29 is 13.6 Å². The topological polar surface area (TPSA) is 71.3 Å². The molecule has 0 aliphatic carbocycles. The molecule has 0 bridgehead atoms. The fourth-order valence-corrected chi connectivity index (χ4v) is 3.57. The number of nitrogens with one attached hydrogen (secondary N) is 2. The summed E-state index contributed by atoms with van der Waals surface area (Å²) >= 11 is 0. The number of hydrogen-bond acceptors (Lipinski definition) is 3. The van der Waals surface area contributed by atoms with Gasteiger partial charge in [0, 0.05) is 30.5 Å². The number of rotatable bonds is 5. The maximum atomic E-state index is 13.6. The van der Waals surface area contributed by atoms with E-state index in [1.807, 2.05) is 57.6 Å². The van der Waals surface area contributed by atoms with E-state index in [1.54, 1.807) is 0 Å². The minimum atomic E-state index is -1.08. The molecule has 0 radical (unpaired) electrons. The lowest BCUT2D eigenvalue weighted by molar-refractivity contribution is 0.0976. The maximum Gasteiger partial charge on any atom is 0.258 e. The van der Waals surface area contributed by atoms with Gasteiger partial charge in [-0.15, -0.1) is 0 Å². The van der Waals surface area contributed by atoms with E-state index in [1.165, 1.54) is 6.07 Å². The highest BCUT2D eigenvalue weighted by molar-refractivity contribution is 6.10. The molecule has 2 N–H and O–H groups in total. The first-order chi connectivity index (χ1) is 15.1. The van der Waals surface area contributed by atoms with E-state index in [4.69, 9.17) is 0 Å². The molecular weight excluding hydrogens is 412 g/mol. The number of guanidine groups is 1. The van der Waals surface area contributed by atoms with E-state index in [0.717, 1.165) is 45.9 Å². The molecule has 1 amide bonds. The maximum absolute atomic E-state index is 13.6. The van der Waals surface area contributed by atoms with Crippen LogP contribution in [0.2, 0.25) is 0 Å². The second-order valence-corrected chi connectivity index (χ2v) is 7.84. The van der Waals surface area contributed by atoms with Crippen LogP contribution < -0.4 is 10.6 Å². The third-order valence-electron chi connectivity index (χ3n) is 5.19. The molecule has 168 valence electrons. The molecule has 0 aliphatic rings. The van der Waals surface area contributed by atoms with Crippen LogP contribution >= 0.6 is 0 Å². The van der Waals surface area contributed by atoms with Gasteiger partial charge < -0.3 is 5.32 Å². The van der Waals surface area contributed by atoms with Crippen LogP contribution in [0, 0.1) is 39.3 Å². The van der Waals surface area contributed by atoms with Gasteiger partial charge in [0.15, 0.2) is 11.6 Å². The van der Waals surface area contributed by atoms with Crippen molar-refractivity contribution in [3.63, 3.8) is 0 Å². The van der Waals surface area contributed by atoms with Gasteiger partial charge in [-0.25, -0.2) is 8.78 Å². The number of hydrogen-bond donors (Lipinski definition) is 2. The van der Waals surface area contributed by atoms with E-state index < -0.39 is 17.5 Å². The van der Waals surface area contributed by atoms with Gasteiger partial charge in [0.2, 0.25) is 5.96 Å². The van der Waals surface area contributed by atoms with Crippen LogP contribution in [0.1, 0.15) is 38.4 Å². The van der Waals surface area contributed by atoms with Crippen LogP contribution in [0.15, 0.2) is 41.4 Å². The Labute approximate surface area is 186 Å². The molecular formula is C24H27F2N5O. The molecule has 8 heteroatoms. The lowest BCUT2D eigenvalue weighted by atomic mass is 10.1. The van der Waals surface area contributed by atoms with Crippen LogP contribution in [-0.2, 0) is 13.5 Å². The number of carbonyl (C=O) groups is 1. The number of anilines is 1. The first kappa shape index (κ1) is 23.1. The highest BCUT2D eigenvalue weighted by atomic mass is 19.2. The Morgan fingerprint density at radius 3 is 2.31 bits per heavy atom. The van der Waals surface area contributed by atoms with Crippen molar-refractivity contribution in [3.05, 3.63) is 81.7 Å². The third kappa shape index (κ3) is 5.57. The Bertz CT molecular complexity index is 1160. The largest absolute Gasteiger partial charge is 0.326 e. The summed E-state index contributed by atoms with van der Waals surface area (Å²) in [4.78, 5) is 17.2. The van der Waals surface area contributed by atoms with Gasteiger partial charge in [0.1, 0.15) is 0 Å². The second kappa shape index (κ2) is 9.72. The average Bonchev–Trinajstić information content (AvgIpc) is 2.95. The summed E-state index contributed by atoms with van der Waals surface area (Å²) in [6.45, 7) is 8.30. The van der Waals surface area contributed by atoms with Crippen LogP contribution in [0.3, 0.4) is 0 Å². The predicted molar refractivity (Wildman–Crippen MR) is 122 cm³/mol. The number of carbonyl (C=O) groups excluding carboxylic acids is 1. The van der Waals surface area contributed by atoms with Gasteiger partial charge in [-0.3, -0.25) is 19.8 Å². The van der Waals surface area contributed by atoms with E-state index in [9.17, 15) is 13.6 Å². The second-order valence-electron chi connectivity index (χ2n) is 7.84. The Morgan fingerprint density at radius 1 is 1.03 bits per heavy atom. The van der Waals surface area contributed by atoms with Gasteiger partial charge in [-0.1, -0.05) is 6.07 Å². The number of aryl methyl sites for hydroxylation is 4. The van der Waals surface area contributed by atoms with Crippen LogP contribution in [0.5, 0.6) is 0 Å². The van der Waals surface area contributed by atoms with Gasteiger partial charge in [0.05, 0.1) is 5.69 Å². The fourth-order valence-electron chi connectivity index (χ4n) is 3.57. The molecule has 0 saturated carbocycles. The number of aromatic nitrogens is 2. The predicted octanol–water partition coefficient (Wildman–Crippen LogP) is 4.37. The first-order valence-electron chi connectivity index (χ1n) is 10.3. The number of amides is 1. The van der Waals surface area contributed by atoms with Crippen LogP contribution in [0.25, 0.3) is 0 Å². The monoisotopic (exact) mass is 439 g/mol. The zero-order chi connectivity index (χ0) is 23.4. The smallest absolute Gasteiger partial charge is 0.258 e. The van der Waals surface area contributed by atoms with Gasteiger partial charge in [0.25, 0.3) is 5.91 Å². The summed E-state index contributed by atoms with van der Waals surface area (Å²) in [5.74, 6) is -2.45. The number of benzene rings is 2. The molecule has 3 aromatic rings. The highest BCUT2D eigenvalue weighted by Crippen LogP contribution is 2.15. The van der Waals surface area contributed by atoms with Crippen molar-refractivity contribution in [3.8, 4) is 0 Å². The molecule has 1 heterocycles. The van der Waals surface area contributed by atoms with Crippen LogP contribution in [0.4, 0.5) is 14.5 Å². The Hall–Kier alpha value is -3.55. The summed E-state index contributed by atoms with van der Waals surface area (Å²) in [6, 6.07) is 8.91. The molecule has 32 heavy (non-hydrogen) atoms. The van der Waals surface area contributed by atoms with Crippen molar-refractivity contribution in [2.24, 2.45) is 12.0 Å². The Kier molecular flexibility index (Phi) is 7.02. The fraction of sp³-hybridized carbons (Fsp3) is 0.292. The minimum absolute atomic E-state index is 0.00206. The summed E-state index contributed by atoms with van der Waals surface area (Å²) in [5.41, 5.74) is 5.98. The molecule has 0 atom stereocenters. The van der Waals surface area contributed by atoms with Crippen molar-refractivity contribution in [1.29, 1.82) is 0 Å². The van der Waals surface area contributed by atoms with E-state index in [2.05, 4.69) is 20.7 Å². The number of halogens is 2. The average molecular weight is 440 g/mol. The quantitative estimate of drug-likeness (QED) is 0.458. The molecule has 0 unspecified atom stereocenters. The molecule has 6 nitrogen and oxygen atoms in total. The zero-order valence-electron chi connectivity index (χ0n) is 18.9. The SMILES string of the molecule is Cc1cc(C)cc(NC(=NCCc2c(C)nn(C)c2C)NC(=O)c2ccc(F)c(F)c2)c1. The summed E-state index contributed by atoms with van der Waals surface area (Å²) in [6.07, 6.45) is 0.643. The molecule has 0 saturated heterocycles. The minimum Gasteiger partial charge on any atom is -0.326 e. The summed E-state index contributed by atoms with van der Waals surface area (Å²) < 4.78 is 28.6. The zero-order valence-corrected chi connectivity index (χ0v) is 18.9. The van der Waals surface area contributed by atoms with Crippen molar-refractivity contribution >= 4 is 17.6 Å². The van der Waals surface area contributed by atoms with Gasteiger partial charge in [-0.2, -0.15) is 5.10 Å². The van der Waals surface area contributed by atoms with Gasteiger partial charge >= 0.3 is 0 Å². The first-order valence-corrected chi connectivity index (χ1v) is 10.3. The number of nitrogens with zero attached hydrogens (tertiary/aromatic N) is 3. The lowest BCUT2D eigenvalue weighted by Gasteiger charge is -2.13. The highest BCUT2D eigenvalue weighted by Gasteiger charge is 2.13. The standard InChI is InChI=1S/C24H27F2N5O/c1-14-10-15(2)12-19(11-14)28-24(27-9-8-20-16(3)30-31(5)17(20)4)29-23(32)18-6-7-21(25)22(26)13-18/h6-7,10-13H,8-9H2,1-5H3,(H2,27,28,29,32). The van der Waals surface area contributed by atoms with Crippen molar-refractivity contribution in [2.45, 2.75) is 34.1 Å². The van der Waals surface area contributed by atoms with E-state index in [-0.39, 0.29) is 11.5 Å². The molecule has 0 spiro atoms. The Balaban J connectivity index is 1.83. The molecule has 0 aliphatic heterocycles. The van der Waals surface area contributed by atoms with Crippen molar-refractivity contribution in [1.82, 2.24) is 15.1 Å². The molecule has 2 aromatic carbocycles. The van der Waals surface area contributed by atoms with Crippen molar-refractivity contribution in [2.75, 3.05) is 11.9 Å². The van der Waals surface area contributed by atoms with E-state index >= 15 is 0 Å². The third-order valence-corrected chi connectivity index (χ3v) is 5.19. The molecule has 0 fully saturated rings. The Morgan fingerprint density at radius 2 is 1.72 bits per heavy atom. The normalized spacial score (nSPS) is 11.5. The van der Waals surface area contributed by atoms with Gasteiger partial charge in [-0.05, 0) is 81.1 Å². The molecule has 1 aromatic heterocycles. The summed E-state index contributed by atoms with van der Waals surface area (Å²) in [7, 11) is 1.89. The summed E-state index contributed by atoms with van der Waals surface area (Å²) in [5, 5.41) is 10.2. The molecule has 3 rings (SSSR count).